The van der Waals surface area contributed by atoms with Gasteiger partial charge in [-0.3, -0.25) is 4.79 Å². The standard InChI is InChI=1S/C19H20N4O/c20-12-14-11-18(21-17-7-2-1-6-16(14)17)22-9-3-5-15(13-22)23-10-4-8-19(23)24/h1-2,6-7,11,15H,3-5,8-10,13H2. The second kappa shape index (κ2) is 6.12. The molecule has 0 aliphatic carbocycles. The number of para-hydroxylation sites is 1. The molecule has 122 valence electrons. The minimum absolute atomic E-state index is 0.271. The van der Waals surface area contributed by atoms with E-state index in [9.17, 15) is 10.1 Å². The third-order valence-corrected chi connectivity index (χ3v) is 5.09. The largest absolute Gasteiger partial charge is 0.354 e. The maximum Gasteiger partial charge on any atom is 0.222 e. The molecule has 2 saturated heterocycles. The van der Waals surface area contributed by atoms with E-state index in [0.29, 0.717) is 12.0 Å². The molecule has 2 aliphatic rings. The third kappa shape index (κ3) is 2.58. The van der Waals surface area contributed by atoms with Crippen molar-refractivity contribution in [2.75, 3.05) is 24.5 Å². The molecule has 1 atom stereocenters. The number of pyridine rings is 1. The van der Waals surface area contributed by atoms with Crippen molar-refractivity contribution in [1.29, 1.82) is 5.26 Å². The summed E-state index contributed by atoms with van der Waals surface area (Å²) in [6.07, 6.45) is 3.76. The second-order valence-electron chi connectivity index (χ2n) is 6.59. The van der Waals surface area contributed by atoms with Crippen LogP contribution in [0.5, 0.6) is 0 Å². The molecule has 2 aliphatic heterocycles. The Labute approximate surface area is 141 Å². The number of carbonyl (C=O) groups excluding carboxylic acids is 1. The summed E-state index contributed by atoms with van der Waals surface area (Å²) in [4.78, 5) is 21.1. The normalized spacial score (nSPS) is 21.3. The first-order chi connectivity index (χ1) is 11.8. The van der Waals surface area contributed by atoms with Gasteiger partial charge in [0.05, 0.1) is 17.1 Å². The van der Waals surface area contributed by atoms with E-state index in [0.717, 1.165) is 55.6 Å². The first kappa shape index (κ1) is 14.9. The van der Waals surface area contributed by atoms with Crippen molar-refractivity contribution in [3.8, 4) is 6.07 Å². The number of likely N-dealkylation sites (tertiary alicyclic amines) is 1. The van der Waals surface area contributed by atoms with Crippen LogP contribution in [0, 0.1) is 11.3 Å². The molecule has 4 rings (SSSR count). The maximum atomic E-state index is 12.0. The highest BCUT2D eigenvalue weighted by molar-refractivity contribution is 5.86. The Kier molecular flexibility index (Phi) is 3.81. The van der Waals surface area contributed by atoms with Crippen molar-refractivity contribution in [2.45, 2.75) is 31.7 Å². The Morgan fingerprint density at radius 1 is 1.21 bits per heavy atom. The zero-order valence-electron chi connectivity index (χ0n) is 13.6. The Bertz CT molecular complexity index is 826. The van der Waals surface area contributed by atoms with Gasteiger partial charge in [-0.05, 0) is 31.4 Å². The molecule has 1 aromatic heterocycles. The van der Waals surface area contributed by atoms with Gasteiger partial charge in [0.15, 0.2) is 0 Å². The summed E-state index contributed by atoms with van der Waals surface area (Å²) < 4.78 is 0. The van der Waals surface area contributed by atoms with Crippen LogP contribution in [0.3, 0.4) is 0 Å². The van der Waals surface area contributed by atoms with E-state index in [1.807, 2.05) is 35.2 Å². The molecule has 2 fully saturated rings. The lowest BCUT2D eigenvalue weighted by Crippen LogP contribution is -2.48. The Morgan fingerprint density at radius 3 is 2.88 bits per heavy atom. The molecule has 2 aromatic rings. The number of aromatic nitrogens is 1. The molecule has 0 N–H and O–H groups in total. The van der Waals surface area contributed by atoms with Crippen LogP contribution in [0.4, 0.5) is 5.82 Å². The topological polar surface area (TPSA) is 60.2 Å². The molecule has 1 aromatic carbocycles. The number of nitrogens with zero attached hydrogens (tertiary/aromatic N) is 4. The predicted octanol–water partition coefficient (Wildman–Crippen LogP) is 2.70. The summed E-state index contributed by atoms with van der Waals surface area (Å²) in [6.45, 7) is 2.61. The van der Waals surface area contributed by atoms with Gasteiger partial charge in [-0.15, -0.1) is 0 Å². The lowest BCUT2D eigenvalue weighted by molar-refractivity contribution is -0.129. The van der Waals surface area contributed by atoms with Gasteiger partial charge in [-0.25, -0.2) is 4.98 Å². The van der Waals surface area contributed by atoms with Crippen molar-refractivity contribution in [1.82, 2.24) is 9.88 Å². The molecular weight excluding hydrogens is 300 g/mol. The average molecular weight is 320 g/mol. The summed E-state index contributed by atoms with van der Waals surface area (Å²) in [5.74, 6) is 1.13. The molecule has 5 nitrogen and oxygen atoms in total. The summed E-state index contributed by atoms with van der Waals surface area (Å²) in [6, 6.07) is 12.2. The number of nitriles is 1. The number of rotatable bonds is 2. The zero-order chi connectivity index (χ0) is 16.5. The van der Waals surface area contributed by atoms with Gasteiger partial charge in [-0.1, -0.05) is 18.2 Å². The van der Waals surface area contributed by atoms with Crippen LogP contribution in [-0.2, 0) is 4.79 Å². The van der Waals surface area contributed by atoms with E-state index >= 15 is 0 Å². The maximum absolute atomic E-state index is 12.0. The van der Waals surface area contributed by atoms with E-state index in [4.69, 9.17) is 4.98 Å². The van der Waals surface area contributed by atoms with Gasteiger partial charge >= 0.3 is 0 Å². The van der Waals surface area contributed by atoms with Crippen LogP contribution >= 0.6 is 0 Å². The van der Waals surface area contributed by atoms with Crippen molar-refractivity contribution in [3.63, 3.8) is 0 Å². The number of benzene rings is 1. The molecule has 0 spiro atoms. The molecule has 0 bridgehead atoms. The number of amides is 1. The van der Waals surface area contributed by atoms with Crippen LogP contribution in [-0.4, -0.2) is 41.5 Å². The average Bonchev–Trinajstić information content (AvgIpc) is 3.07. The fourth-order valence-electron chi connectivity index (χ4n) is 3.89. The van der Waals surface area contributed by atoms with E-state index in [2.05, 4.69) is 11.0 Å². The van der Waals surface area contributed by atoms with Gasteiger partial charge in [0.25, 0.3) is 0 Å². The van der Waals surface area contributed by atoms with E-state index in [1.54, 1.807) is 0 Å². The predicted molar refractivity (Wildman–Crippen MR) is 92.6 cm³/mol. The summed E-state index contributed by atoms with van der Waals surface area (Å²) >= 11 is 0. The van der Waals surface area contributed by atoms with Gasteiger partial charge in [0.2, 0.25) is 5.91 Å². The van der Waals surface area contributed by atoms with E-state index < -0.39 is 0 Å². The van der Waals surface area contributed by atoms with Crippen LogP contribution in [0.1, 0.15) is 31.2 Å². The monoisotopic (exact) mass is 320 g/mol. The first-order valence-electron chi connectivity index (χ1n) is 8.60. The number of carbonyl (C=O) groups is 1. The summed E-state index contributed by atoms with van der Waals surface area (Å²) in [5.41, 5.74) is 1.51. The fraction of sp³-hybridized carbons (Fsp3) is 0.421. The number of anilines is 1. The van der Waals surface area contributed by atoms with Gasteiger partial charge in [0.1, 0.15) is 5.82 Å². The highest BCUT2D eigenvalue weighted by Crippen LogP contribution is 2.27. The van der Waals surface area contributed by atoms with Crippen LogP contribution in [0.25, 0.3) is 10.9 Å². The van der Waals surface area contributed by atoms with Crippen molar-refractivity contribution < 1.29 is 4.79 Å². The molecule has 0 radical (unpaired) electrons. The molecule has 0 saturated carbocycles. The van der Waals surface area contributed by atoms with Crippen LogP contribution < -0.4 is 4.90 Å². The number of hydrogen-bond donors (Lipinski definition) is 0. The molecule has 24 heavy (non-hydrogen) atoms. The highest BCUT2D eigenvalue weighted by Gasteiger charge is 2.31. The van der Waals surface area contributed by atoms with E-state index in [1.165, 1.54) is 0 Å². The molecule has 3 heterocycles. The summed E-state index contributed by atoms with van der Waals surface area (Å²) in [7, 11) is 0. The van der Waals surface area contributed by atoms with Gasteiger partial charge in [-0.2, -0.15) is 5.26 Å². The fourth-order valence-corrected chi connectivity index (χ4v) is 3.89. The smallest absolute Gasteiger partial charge is 0.222 e. The van der Waals surface area contributed by atoms with Crippen LogP contribution in [0.2, 0.25) is 0 Å². The Morgan fingerprint density at radius 2 is 2.08 bits per heavy atom. The number of piperidine rings is 1. The highest BCUT2D eigenvalue weighted by atomic mass is 16.2. The summed E-state index contributed by atoms with van der Waals surface area (Å²) in [5, 5.41) is 10.4. The molecule has 1 unspecified atom stereocenters. The Balaban J connectivity index is 1.64. The first-order valence-corrected chi connectivity index (χ1v) is 8.60. The minimum atomic E-state index is 0.271. The van der Waals surface area contributed by atoms with Crippen LogP contribution in [0.15, 0.2) is 30.3 Å². The molecule has 5 heteroatoms. The molecular formula is C19H20N4O. The SMILES string of the molecule is N#Cc1cc(N2CCCC(N3CCCC3=O)C2)nc2ccccc12. The van der Waals surface area contributed by atoms with Gasteiger partial charge in [0, 0.05) is 37.5 Å². The lowest BCUT2D eigenvalue weighted by atomic mass is 10.0. The molecule has 1 amide bonds. The number of fused-ring (bicyclic) bond motifs is 1. The van der Waals surface area contributed by atoms with Crippen molar-refractivity contribution in [2.24, 2.45) is 0 Å². The third-order valence-electron chi connectivity index (χ3n) is 5.09. The van der Waals surface area contributed by atoms with E-state index in [-0.39, 0.29) is 11.9 Å². The minimum Gasteiger partial charge on any atom is -0.354 e. The van der Waals surface area contributed by atoms with Gasteiger partial charge < -0.3 is 9.80 Å². The van der Waals surface area contributed by atoms with Crippen molar-refractivity contribution >= 4 is 22.6 Å². The van der Waals surface area contributed by atoms with Crippen molar-refractivity contribution in [3.05, 3.63) is 35.9 Å². The second-order valence-corrected chi connectivity index (χ2v) is 6.59. The lowest BCUT2D eigenvalue weighted by Gasteiger charge is -2.38. The quantitative estimate of drug-likeness (QED) is 0.853. The number of hydrogen-bond acceptors (Lipinski definition) is 4. The Hall–Kier alpha value is -2.61. The zero-order valence-corrected chi connectivity index (χ0v) is 13.6.